The molecule has 0 saturated heterocycles. The molecule has 1 N–H and O–H groups in total. The average Bonchev–Trinajstić information content (AvgIpc) is 3.37. The molecule has 6 nitrogen and oxygen atoms in total. The van der Waals surface area contributed by atoms with E-state index >= 15 is 0 Å². The molecule has 0 atom stereocenters. The fourth-order valence-electron chi connectivity index (χ4n) is 3.37. The van der Waals surface area contributed by atoms with Crippen molar-refractivity contribution in [1.82, 2.24) is 9.36 Å². The molecule has 0 aliphatic rings. The Labute approximate surface area is 189 Å². The van der Waals surface area contributed by atoms with Gasteiger partial charge >= 0.3 is 0 Å². The van der Waals surface area contributed by atoms with Gasteiger partial charge in [-0.25, -0.2) is 4.68 Å². The Bertz CT molecular complexity index is 1400. The number of thiophene rings is 1. The van der Waals surface area contributed by atoms with Crippen LogP contribution in [0.4, 0.5) is 5.69 Å². The number of anilines is 1. The van der Waals surface area contributed by atoms with E-state index in [0.717, 1.165) is 15.3 Å². The summed E-state index contributed by atoms with van der Waals surface area (Å²) in [5.41, 5.74) is 2.07. The minimum atomic E-state index is -0.617. The Hall–Kier alpha value is -4.15. The predicted octanol–water partition coefficient (Wildman–Crippen LogP) is 4.76. The minimum Gasteiger partial charge on any atom is -0.315 e. The lowest BCUT2D eigenvalue weighted by molar-refractivity contribution is -0.112. The number of rotatable bonds is 5. The first-order chi connectivity index (χ1) is 15.5. The minimum absolute atomic E-state index is 0.0691. The number of hydrogen-bond donors (Lipinski definition) is 1. The van der Waals surface area contributed by atoms with Crippen LogP contribution in [0.2, 0.25) is 0 Å². The summed E-state index contributed by atoms with van der Waals surface area (Å²) in [6.07, 6.45) is 1.54. The van der Waals surface area contributed by atoms with Gasteiger partial charge in [0.2, 0.25) is 0 Å². The number of carbonyl (C=O) groups excluding carboxylic acids is 1. The summed E-state index contributed by atoms with van der Waals surface area (Å²) in [4.78, 5) is 27.7. The molecule has 4 aromatic rings. The van der Waals surface area contributed by atoms with Crippen molar-refractivity contribution >= 4 is 29.0 Å². The van der Waals surface area contributed by atoms with E-state index in [1.54, 1.807) is 24.7 Å². The highest BCUT2D eigenvalue weighted by Crippen LogP contribution is 2.29. The van der Waals surface area contributed by atoms with Crippen LogP contribution in [0.1, 0.15) is 10.6 Å². The van der Waals surface area contributed by atoms with Gasteiger partial charge in [0.25, 0.3) is 11.5 Å². The lowest BCUT2D eigenvalue weighted by Gasteiger charge is -2.07. The van der Waals surface area contributed by atoms with Crippen molar-refractivity contribution in [3.05, 3.63) is 99.3 Å². The number of amides is 1. The highest BCUT2D eigenvalue weighted by Gasteiger charge is 2.20. The summed E-state index contributed by atoms with van der Waals surface area (Å²) >= 11 is 1.49. The van der Waals surface area contributed by atoms with Gasteiger partial charge in [0.1, 0.15) is 17.3 Å². The second-order valence-corrected chi connectivity index (χ2v) is 8.24. The third-order valence-electron chi connectivity index (χ3n) is 5.13. The Kier molecular flexibility index (Phi) is 5.88. The van der Waals surface area contributed by atoms with Crippen LogP contribution in [-0.4, -0.2) is 15.3 Å². The van der Waals surface area contributed by atoms with Crippen molar-refractivity contribution < 1.29 is 4.79 Å². The van der Waals surface area contributed by atoms with Gasteiger partial charge in [-0.05, 0) is 42.8 Å². The van der Waals surface area contributed by atoms with Gasteiger partial charge in [0.15, 0.2) is 0 Å². The van der Waals surface area contributed by atoms with Gasteiger partial charge in [0, 0.05) is 16.8 Å². The first-order valence-electron chi connectivity index (χ1n) is 9.92. The molecule has 0 aliphatic heterocycles. The summed E-state index contributed by atoms with van der Waals surface area (Å²) in [7, 11) is 1.75. The SMILES string of the molecule is Cc1c(NC(=O)/C(C#N)=C/c2ccc(-c3ccccc3)s2)c(=O)n(-c2ccccc2)n1C. The largest absolute Gasteiger partial charge is 0.315 e. The first-order valence-corrected chi connectivity index (χ1v) is 10.7. The quantitative estimate of drug-likeness (QED) is 0.359. The van der Waals surface area contributed by atoms with E-state index in [1.165, 1.54) is 16.0 Å². The van der Waals surface area contributed by atoms with Gasteiger partial charge in [-0.1, -0.05) is 48.5 Å². The number of carbonyl (C=O) groups is 1. The van der Waals surface area contributed by atoms with E-state index in [0.29, 0.717) is 11.4 Å². The average molecular weight is 441 g/mol. The zero-order chi connectivity index (χ0) is 22.7. The maximum atomic E-state index is 13.0. The van der Waals surface area contributed by atoms with E-state index in [2.05, 4.69) is 5.32 Å². The molecule has 1 amide bonds. The molecule has 0 spiro atoms. The van der Waals surface area contributed by atoms with Crippen LogP contribution < -0.4 is 10.9 Å². The van der Waals surface area contributed by atoms with E-state index in [1.807, 2.05) is 78.9 Å². The monoisotopic (exact) mass is 440 g/mol. The molecule has 0 saturated carbocycles. The standard InChI is InChI=1S/C25H20N4O2S/c1-17-23(25(31)29(28(17)2)20-11-7-4-8-12-20)27-24(30)19(16-26)15-21-13-14-22(32-21)18-9-5-3-6-10-18/h3-15H,1-2H3,(H,27,30)/b19-15+. The predicted molar refractivity (Wildman–Crippen MR) is 128 cm³/mol. The molecule has 32 heavy (non-hydrogen) atoms. The third kappa shape index (κ3) is 4.04. The normalized spacial score (nSPS) is 11.2. The smallest absolute Gasteiger partial charge is 0.295 e. The molecule has 2 heterocycles. The summed E-state index contributed by atoms with van der Waals surface area (Å²) in [6, 6.07) is 24.8. The first kappa shape index (κ1) is 21.1. The summed E-state index contributed by atoms with van der Waals surface area (Å²) in [5.74, 6) is -0.617. The highest BCUT2D eigenvalue weighted by atomic mass is 32.1. The van der Waals surface area contributed by atoms with Crippen molar-refractivity contribution in [2.45, 2.75) is 6.92 Å². The highest BCUT2D eigenvalue weighted by molar-refractivity contribution is 7.16. The van der Waals surface area contributed by atoms with Crippen molar-refractivity contribution in [3.63, 3.8) is 0 Å². The Balaban J connectivity index is 1.62. The molecule has 2 aromatic carbocycles. The van der Waals surface area contributed by atoms with Crippen molar-refractivity contribution in [3.8, 4) is 22.2 Å². The molecular formula is C25H20N4O2S. The second kappa shape index (κ2) is 8.92. The Morgan fingerprint density at radius 2 is 1.69 bits per heavy atom. The lowest BCUT2D eigenvalue weighted by Crippen LogP contribution is -2.23. The van der Waals surface area contributed by atoms with E-state index < -0.39 is 5.91 Å². The molecule has 0 bridgehead atoms. The number of benzene rings is 2. The van der Waals surface area contributed by atoms with E-state index in [-0.39, 0.29) is 16.8 Å². The molecule has 158 valence electrons. The molecular weight excluding hydrogens is 420 g/mol. The lowest BCUT2D eigenvalue weighted by atomic mass is 10.2. The third-order valence-corrected chi connectivity index (χ3v) is 6.21. The second-order valence-electron chi connectivity index (χ2n) is 7.13. The molecule has 0 fully saturated rings. The molecule has 2 aromatic heterocycles. The van der Waals surface area contributed by atoms with Crippen LogP contribution in [0.25, 0.3) is 22.2 Å². The van der Waals surface area contributed by atoms with Crippen molar-refractivity contribution in [2.75, 3.05) is 5.32 Å². The van der Waals surface area contributed by atoms with Gasteiger partial charge < -0.3 is 5.32 Å². The van der Waals surface area contributed by atoms with E-state index in [4.69, 9.17) is 0 Å². The van der Waals surface area contributed by atoms with Crippen LogP contribution in [0, 0.1) is 18.3 Å². The zero-order valence-electron chi connectivity index (χ0n) is 17.6. The van der Waals surface area contributed by atoms with Gasteiger partial charge in [-0.15, -0.1) is 11.3 Å². The molecule has 0 radical (unpaired) electrons. The topological polar surface area (TPSA) is 79.8 Å². The fraction of sp³-hybridized carbons (Fsp3) is 0.0800. The zero-order valence-corrected chi connectivity index (χ0v) is 18.4. The number of hydrogen-bond acceptors (Lipinski definition) is 4. The van der Waals surface area contributed by atoms with Crippen LogP contribution in [0.5, 0.6) is 0 Å². The molecule has 0 unspecified atom stereocenters. The van der Waals surface area contributed by atoms with Gasteiger partial charge in [-0.3, -0.25) is 14.3 Å². The van der Waals surface area contributed by atoms with Crippen LogP contribution in [-0.2, 0) is 11.8 Å². The number of para-hydroxylation sites is 1. The van der Waals surface area contributed by atoms with Gasteiger partial charge in [0.05, 0.1) is 11.4 Å². The number of nitrogens with zero attached hydrogens (tertiary/aromatic N) is 3. The summed E-state index contributed by atoms with van der Waals surface area (Å²) in [6.45, 7) is 1.75. The maximum absolute atomic E-state index is 13.0. The Morgan fingerprint density at radius 1 is 1.03 bits per heavy atom. The molecule has 7 heteroatoms. The molecule has 4 rings (SSSR count). The number of nitriles is 1. The summed E-state index contributed by atoms with van der Waals surface area (Å²) in [5, 5.41) is 12.2. The van der Waals surface area contributed by atoms with Crippen molar-refractivity contribution in [2.24, 2.45) is 7.05 Å². The van der Waals surface area contributed by atoms with E-state index in [9.17, 15) is 14.9 Å². The van der Waals surface area contributed by atoms with Crippen LogP contribution >= 0.6 is 11.3 Å². The Morgan fingerprint density at radius 3 is 2.34 bits per heavy atom. The summed E-state index contributed by atoms with van der Waals surface area (Å²) < 4.78 is 3.15. The molecule has 0 aliphatic carbocycles. The number of nitrogens with one attached hydrogen (secondary N) is 1. The van der Waals surface area contributed by atoms with Crippen LogP contribution in [0.3, 0.4) is 0 Å². The van der Waals surface area contributed by atoms with Crippen molar-refractivity contribution in [1.29, 1.82) is 5.26 Å². The maximum Gasteiger partial charge on any atom is 0.295 e. The van der Waals surface area contributed by atoms with Crippen LogP contribution in [0.15, 0.2) is 83.2 Å². The van der Waals surface area contributed by atoms with Gasteiger partial charge in [-0.2, -0.15) is 5.26 Å². The number of aromatic nitrogens is 2. The fourth-order valence-corrected chi connectivity index (χ4v) is 4.33.